The van der Waals surface area contributed by atoms with Gasteiger partial charge in [-0.2, -0.15) is 0 Å². The molecule has 1 atom stereocenters. The van der Waals surface area contributed by atoms with E-state index >= 15 is 0 Å². The van der Waals surface area contributed by atoms with E-state index in [0.717, 1.165) is 0 Å². The van der Waals surface area contributed by atoms with Crippen molar-refractivity contribution in [2.24, 2.45) is 0 Å². The summed E-state index contributed by atoms with van der Waals surface area (Å²) >= 11 is 5.82. The van der Waals surface area contributed by atoms with E-state index in [4.69, 9.17) is 21.1 Å². The van der Waals surface area contributed by atoms with Crippen molar-refractivity contribution in [1.82, 2.24) is 0 Å². The Morgan fingerprint density at radius 2 is 1.85 bits per heavy atom. The highest BCUT2D eigenvalue weighted by atomic mass is 35.5. The summed E-state index contributed by atoms with van der Waals surface area (Å²) in [6.07, 6.45) is -1.02. The summed E-state index contributed by atoms with van der Waals surface area (Å²) in [6.45, 7) is 2.53. The number of halogens is 1. The van der Waals surface area contributed by atoms with Crippen LogP contribution in [0.4, 0.5) is 5.69 Å². The van der Waals surface area contributed by atoms with Crippen LogP contribution in [-0.4, -0.2) is 30.4 Å². The van der Waals surface area contributed by atoms with Gasteiger partial charge < -0.3 is 14.8 Å². The van der Waals surface area contributed by atoms with E-state index in [9.17, 15) is 14.4 Å². The van der Waals surface area contributed by atoms with E-state index in [1.807, 2.05) is 0 Å². The Bertz CT molecular complexity index is 821. The van der Waals surface area contributed by atoms with Crippen molar-refractivity contribution in [2.75, 3.05) is 11.9 Å². The molecule has 0 fully saturated rings. The summed E-state index contributed by atoms with van der Waals surface area (Å²) in [5, 5.41) is 3.08. The molecule has 0 radical (unpaired) electrons. The normalized spacial score (nSPS) is 11.3. The molecule has 0 saturated carbocycles. The number of ether oxygens (including phenoxy) is 2. The Morgan fingerprint density at radius 3 is 2.54 bits per heavy atom. The first kappa shape index (κ1) is 19.5. The minimum atomic E-state index is -1.02. The standard InChI is InChI=1S/C19H18ClNO5/c1-12(22)14-5-3-7-16(9-14)21-19(24)13(2)26-18(23)11-25-17-8-4-6-15(20)10-17/h3-10,13H,11H2,1-2H3,(H,21,24). The average Bonchev–Trinajstić information content (AvgIpc) is 2.60. The van der Waals surface area contributed by atoms with Gasteiger partial charge in [-0.3, -0.25) is 9.59 Å². The van der Waals surface area contributed by atoms with Crippen molar-refractivity contribution in [3.8, 4) is 5.75 Å². The first-order valence-corrected chi connectivity index (χ1v) is 8.22. The number of hydrogen-bond acceptors (Lipinski definition) is 5. The molecular weight excluding hydrogens is 358 g/mol. The van der Waals surface area contributed by atoms with E-state index in [1.54, 1.807) is 48.5 Å². The SMILES string of the molecule is CC(=O)c1cccc(NC(=O)C(C)OC(=O)COc2cccc(Cl)c2)c1. The molecule has 7 heteroatoms. The number of rotatable bonds is 7. The van der Waals surface area contributed by atoms with Crippen molar-refractivity contribution >= 4 is 34.9 Å². The fraction of sp³-hybridized carbons (Fsp3) is 0.211. The lowest BCUT2D eigenvalue weighted by Gasteiger charge is -2.14. The van der Waals surface area contributed by atoms with Crippen molar-refractivity contribution in [1.29, 1.82) is 0 Å². The van der Waals surface area contributed by atoms with Crippen LogP contribution in [0.15, 0.2) is 48.5 Å². The van der Waals surface area contributed by atoms with Crippen molar-refractivity contribution in [3.63, 3.8) is 0 Å². The van der Waals surface area contributed by atoms with Gasteiger partial charge in [-0.1, -0.05) is 29.8 Å². The maximum Gasteiger partial charge on any atom is 0.344 e. The van der Waals surface area contributed by atoms with Gasteiger partial charge in [0.2, 0.25) is 0 Å². The van der Waals surface area contributed by atoms with Crippen LogP contribution in [0.1, 0.15) is 24.2 Å². The highest BCUT2D eigenvalue weighted by Gasteiger charge is 2.18. The summed E-state index contributed by atoms with van der Waals surface area (Å²) in [5.74, 6) is -0.890. The Labute approximate surface area is 156 Å². The van der Waals surface area contributed by atoms with Crippen LogP contribution in [0.25, 0.3) is 0 Å². The largest absolute Gasteiger partial charge is 0.482 e. The Kier molecular flexibility index (Phi) is 6.74. The molecular formula is C19H18ClNO5. The molecule has 2 aromatic carbocycles. The third-order valence-electron chi connectivity index (χ3n) is 3.37. The van der Waals surface area contributed by atoms with Gasteiger partial charge in [-0.05, 0) is 44.2 Å². The number of benzene rings is 2. The van der Waals surface area contributed by atoms with Crippen LogP contribution in [0.3, 0.4) is 0 Å². The van der Waals surface area contributed by atoms with Crippen molar-refractivity contribution in [3.05, 3.63) is 59.1 Å². The lowest BCUT2D eigenvalue weighted by atomic mass is 10.1. The lowest BCUT2D eigenvalue weighted by Crippen LogP contribution is -2.31. The monoisotopic (exact) mass is 375 g/mol. The number of ketones is 1. The predicted molar refractivity (Wildman–Crippen MR) is 97.6 cm³/mol. The van der Waals surface area contributed by atoms with Crippen LogP contribution in [0.2, 0.25) is 5.02 Å². The number of anilines is 1. The van der Waals surface area contributed by atoms with Crippen LogP contribution >= 0.6 is 11.6 Å². The maximum absolute atomic E-state index is 12.1. The fourth-order valence-corrected chi connectivity index (χ4v) is 2.22. The van der Waals surface area contributed by atoms with E-state index < -0.39 is 18.0 Å². The smallest absolute Gasteiger partial charge is 0.344 e. The van der Waals surface area contributed by atoms with Crippen molar-refractivity contribution < 1.29 is 23.9 Å². The van der Waals surface area contributed by atoms with Gasteiger partial charge in [0.25, 0.3) is 5.91 Å². The Balaban J connectivity index is 1.85. The van der Waals surface area contributed by atoms with E-state index in [1.165, 1.54) is 13.8 Å². The second-order valence-electron chi connectivity index (χ2n) is 5.50. The zero-order chi connectivity index (χ0) is 19.1. The first-order valence-electron chi connectivity index (χ1n) is 7.85. The van der Waals surface area contributed by atoms with Crippen LogP contribution in [0.5, 0.6) is 5.75 Å². The molecule has 1 amide bonds. The Morgan fingerprint density at radius 1 is 1.12 bits per heavy atom. The molecule has 0 aromatic heterocycles. The predicted octanol–water partition coefficient (Wildman–Crippen LogP) is 3.49. The molecule has 0 aliphatic heterocycles. The van der Waals surface area contributed by atoms with Gasteiger partial charge in [-0.15, -0.1) is 0 Å². The lowest BCUT2D eigenvalue weighted by molar-refractivity contribution is -0.155. The minimum absolute atomic E-state index is 0.112. The zero-order valence-electron chi connectivity index (χ0n) is 14.3. The molecule has 0 aliphatic rings. The third-order valence-corrected chi connectivity index (χ3v) is 3.60. The number of nitrogens with one attached hydrogen (secondary N) is 1. The number of Topliss-reactive ketones (excluding diaryl/α,β-unsaturated/α-hetero) is 1. The minimum Gasteiger partial charge on any atom is -0.482 e. The number of amides is 1. The maximum atomic E-state index is 12.1. The van der Waals surface area contributed by atoms with E-state index in [2.05, 4.69) is 5.32 Å². The summed E-state index contributed by atoms with van der Waals surface area (Å²) in [5.41, 5.74) is 0.920. The number of carbonyl (C=O) groups is 3. The molecule has 136 valence electrons. The molecule has 0 saturated heterocycles. The number of carbonyl (C=O) groups excluding carboxylic acids is 3. The average molecular weight is 376 g/mol. The van der Waals surface area contributed by atoms with Gasteiger partial charge in [-0.25, -0.2) is 4.79 Å². The summed E-state index contributed by atoms with van der Waals surface area (Å²) in [7, 11) is 0. The molecule has 0 heterocycles. The van der Waals surface area contributed by atoms with Gasteiger partial charge in [0.15, 0.2) is 18.5 Å². The summed E-state index contributed by atoms with van der Waals surface area (Å²) in [4.78, 5) is 35.3. The third kappa shape index (κ3) is 5.89. The van der Waals surface area contributed by atoms with E-state index in [-0.39, 0.29) is 12.4 Å². The van der Waals surface area contributed by atoms with Gasteiger partial charge in [0.05, 0.1) is 0 Å². The van der Waals surface area contributed by atoms with Gasteiger partial charge >= 0.3 is 5.97 Å². The van der Waals surface area contributed by atoms with Crippen LogP contribution < -0.4 is 10.1 Å². The van der Waals surface area contributed by atoms with Crippen molar-refractivity contribution in [2.45, 2.75) is 20.0 Å². The van der Waals surface area contributed by atoms with E-state index in [0.29, 0.717) is 22.0 Å². The molecule has 0 aliphatic carbocycles. The molecule has 0 spiro atoms. The topological polar surface area (TPSA) is 81.7 Å². The quantitative estimate of drug-likeness (QED) is 0.591. The first-order chi connectivity index (χ1) is 12.3. The second-order valence-corrected chi connectivity index (χ2v) is 5.94. The van der Waals surface area contributed by atoms with Crippen LogP contribution in [0, 0.1) is 0 Å². The molecule has 0 bridgehead atoms. The molecule has 2 aromatic rings. The molecule has 26 heavy (non-hydrogen) atoms. The number of hydrogen-bond donors (Lipinski definition) is 1. The van der Waals surface area contributed by atoms with Gasteiger partial charge in [0.1, 0.15) is 5.75 Å². The number of esters is 1. The Hall–Kier alpha value is -2.86. The molecule has 6 nitrogen and oxygen atoms in total. The zero-order valence-corrected chi connectivity index (χ0v) is 15.1. The molecule has 2 rings (SSSR count). The molecule has 1 N–H and O–H groups in total. The van der Waals surface area contributed by atoms with Crippen LogP contribution in [-0.2, 0) is 14.3 Å². The summed E-state index contributed by atoms with van der Waals surface area (Å²) < 4.78 is 10.3. The second kappa shape index (κ2) is 9.01. The highest BCUT2D eigenvalue weighted by Crippen LogP contribution is 2.17. The van der Waals surface area contributed by atoms with Gasteiger partial charge in [0, 0.05) is 16.3 Å². The molecule has 1 unspecified atom stereocenters. The highest BCUT2D eigenvalue weighted by molar-refractivity contribution is 6.30. The summed E-state index contributed by atoms with van der Waals surface area (Å²) in [6, 6.07) is 13.1. The fourth-order valence-electron chi connectivity index (χ4n) is 2.04.